The van der Waals surface area contributed by atoms with E-state index < -0.39 is 0 Å². The van der Waals surface area contributed by atoms with Gasteiger partial charge in [-0.15, -0.1) is 0 Å². The molecule has 31 heavy (non-hydrogen) atoms. The van der Waals surface area contributed by atoms with E-state index >= 15 is 0 Å². The van der Waals surface area contributed by atoms with E-state index in [1.165, 1.54) is 43.4 Å². The third-order valence-corrected chi connectivity index (χ3v) is 7.90. The van der Waals surface area contributed by atoms with Gasteiger partial charge in [0.05, 0.1) is 12.1 Å². The summed E-state index contributed by atoms with van der Waals surface area (Å²) in [5.74, 6) is 0.340. The van der Waals surface area contributed by atoms with E-state index in [0.717, 1.165) is 58.3 Å². The van der Waals surface area contributed by atoms with Crippen molar-refractivity contribution in [1.29, 1.82) is 0 Å². The Morgan fingerprint density at radius 3 is 2.35 bits per heavy atom. The van der Waals surface area contributed by atoms with Crippen LogP contribution in [0.1, 0.15) is 44.6 Å². The van der Waals surface area contributed by atoms with Gasteiger partial charge in [-0.3, -0.25) is 14.6 Å². The van der Waals surface area contributed by atoms with Crippen LogP contribution in [-0.2, 0) is 11.2 Å². The first kappa shape index (κ1) is 24.7. The maximum atomic E-state index is 13.3. The summed E-state index contributed by atoms with van der Waals surface area (Å²) in [6, 6.07) is 10.0. The molecule has 0 bridgehead atoms. The molecule has 1 amide bonds. The number of amides is 1. The Morgan fingerprint density at radius 2 is 1.61 bits per heavy atom. The zero-order valence-electron chi connectivity index (χ0n) is 18.9. The Kier molecular flexibility index (Phi) is 8.64. The molecule has 3 heterocycles. The molecule has 3 aliphatic heterocycles. The Hall–Kier alpha value is -0.890. The number of piperazine rings is 2. The minimum Gasteiger partial charge on any atom is -0.364 e. The smallest absolute Gasteiger partial charge is 0.239 e. The van der Waals surface area contributed by atoms with Crippen molar-refractivity contribution < 1.29 is 4.79 Å². The Balaban J connectivity index is 0.00000136. The number of hydrogen-bond donors (Lipinski definition) is 0. The number of fused-ring (bicyclic) bond motifs is 3. The lowest BCUT2D eigenvalue weighted by Crippen LogP contribution is -2.60. The van der Waals surface area contributed by atoms with Gasteiger partial charge in [-0.05, 0) is 37.8 Å². The van der Waals surface area contributed by atoms with Crippen LogP contribution in [0.2, 0.25) is 0 Å². The van der Waals surface area contributed by atoms with Gasteiger partial charge in [0.2, 0.25) is 5.91 Å². The molecule has 0 N–H and O–H groups in total. The highest BCUT2D eigenvalue weighted by Crippen LogP contribution is 2.34. The predicted molar refractivity (Wildman–Crippen MR) is 138 cm³/mol. The molecule has 7 heteroatoms. The monoisotopic (exact) mass is 464 g/mol. The maximum Gasteiger partial charge on any atom is 0.239 e. The van der Waals surface area contributed by atoms with Crippen LogP contribution in [0.25, 0.3) is 0 Å². The molecule has 1 aromatic carbocycles. The van der Waals surface area contributed by atoms with Gasteiger partial charge in [0.15, 0.2) is 0 Å². The summed E-state index contributed by atoms with van der Waals surface area (Å²) >= 11 is 0. The fourth-order valence-corrected chi connectivity index (χ4v) is 6.12. The minimum atomic E-state index is 0. The molecular formula is C24H40N4OS2. The molecule has 0 spiro atoms. The van der Waals surface area contributed by atoms with Gasteiger partial charge in [0.25, 0.3) is 0 Å². The summed E-state index contributed by atoms with van der Waals surface area (Å²) in [6.45, 7) is 9.18. The number of hydrogen-bond acceptors (Lipinski definition) is 4. The van der Waals surface area contributed by atoms with E-state index in [2.05, 4.69) is 50.8 Å². The van der Waals surface area contributed by atoms with Crippen molar-refractivity contribution in [3.05, 3.63) is 29.8 Å². The van der Waals surface area contributed by atoms with Crippen molar-refractivity contribution >= 4 is 38.6 Å². The van der Waals surface area contributed by atoms with E-state index in [4.69, 9.17) is 0 Å². The van der Waals surface area contributed by atoms with E-state index in [1.54, 1.807) is 0 Å². The van der Waals surface area contributed by atoms with Crippen LogP contribution < -0.4 is 4.90 Å². The molecule has 174 valence electrons. The minimum absolute atomic E-state index is 0. The molecule has 0 unspecified atom stereocenters. The molecular weight excluding hydrogens is 424 g/mol. The second-order valence-electron chi connectivity index (χ2n) is 9.50. The molecule has 0 radical (unpaired) electrons. The van der Waals surface area contributed by atoms with E-state index in [0.29, 0.717) is 11.9 Å². The molecule has 2 atom stereocenters. The van der Waals surface area contributed by atoms with E-state index in [9.17, 15) is 4.79 Å². The van der Waals surface area contributed by atoms with Crippen molar-refractivity contribution in [2.45, 2.75) is 63.6 Å². The average molecular weight is 465 g/mol. The SMILES string of the molecule is C[C@@H](C(=O)N1CCN2c3ccccc3C[C@H]2C1)N1CCN(C2CCCCC2)CC1.S.S. The molecule has 1 aromatic rings. The number of benzene rings is 1. The van der Waals surface area contributed by atoms with Gasteiger partial charge in [-0.1, -0.05) is 37.5 Å². The number of carbonyl (C=O) groups is 1. The zero-order valence-corrected chi connectivity index (χ0v) is 20.9. The van der Waals surface area contributed by atoms with Crippen LogP contribution in [0.15, 0.2) is 24.3 Å². The van der Waals surface area contributed by atoms with Gasteiger partial charge >= 0.3 is 0 Å². The number of rotatable bonds is 3. The number of para-hydroxylation sites is 1. The normalized spacial score (nSPS) is 25.8. The van der Waals surface area contributed by atoms with Crippen molar-refractivity contribution in [3.8, 4) is 0 Å². The summed E-state index contributed by atoms with van der Waals surface area (Å²) in [7, 11) is 0. The maximum absolute atomic E-state index is 13.3. The Bertz CT molecular complexity index is 734. The van der Waals surface area contributed by atoms with Gasteiger partial charge in [-0.25, -0.2) is 0 Å². The van der Waals surface area contributed by atoms with Crippen molar-refractivity contribution in [1.82, 2.24) is 14.7 Å². The molecule has 0 aromatic heterocycles. The lowest BCUT2D eigenvalue weighted by atomic mass is 9.93. The van der Waals surface area contributed by atoms with E-state index in [1.807, 2.05) is 0 Å². The lowest BCUT2D eigenvalue weighted by molar-refractivity contribution is -0.138. The highest BCUT2D eigenvalue weighted by atomic mass is 32.1. The van der Waals surface area contributed by atoms with Crippen molar-refractivity contribution in [3.63, 3.8) is 0 Å². The topological polar surface area (TPSA) is 30.0 Å². The fraction of sp³-hybridized carbons (Fsp3) is 0.708. The van der Waals surface area contributed by atoms with Crippen LogP contribution in [0.5, 0.6) is 0 Å². The molecule has 3 fully saturated rings. The summed E-state index contributed by atoms with van der Waals surface area (Å²) in [5, 5.41) is 0. The van der Waals surface area contributed by atoms with Crippen molar-refractivity contribution in [2.75, 3.05) is 50.7 Å². The average Bonchev–Trinajstić information content (AvgIpc) is 3.16. The molecule has 5 nitrogen and oxygen atoms in total. The van der Waals surface area contributed by atoms with Crippen LogP contribution in [-0.4, -0.2) is 84.5 Å². The van der Waals surface area contributed by atoms with Gasteiger partial charge < -0.3 is 9.80 Å². The molecule has 4 aliphatic rings. The summed E-state index contributed by atoms with van der Waals surface area (Å²) in [5.41, 5.74) is 2.83. The predicted octanol–water partition coefficient (Wildman–Crippen LogP) is 2.82. The largest absolute Gasteiger partial charge is 0.364 e. The third kappa shape index (κ3) is 5.05. The Labute approximate surface area is 202 Å². The van der Waals surface area contributed by atoms with Gasteiger partial charge in [0.1, 0.15) is 0 Å². The van der Waals surface area contributed by atoms with Gasteiger partial charge in [-0.2, -0.15) is 27.0 Å². The van der Waals surface area contributed by atoms with Crippen molar-refractivity contribution in [2.24, 2.45) is 0 Å². The second kappa shape index (κ2) is 10.8. The Morgan fingerprint density at radius 1 is 0.903 bits per heavy atom. The quantitative estimate of drug-likeness (QED) is 0.688. The number of nitrogens with zero attached hydrogens (tertiary/aromatic N) is 4. The number of carbonyl (C=O) groups excluding carboxylic acids is 1. The second-order valence-corrected chi connectivity index (χ2v) is 9.50. The third-order valence-electron chi connectivity index (χ3n) is 7.90. The fourth-order valence-electron chi connectivity index (χ4n) is 6.12. The van der Waals surface area contributed by atoms with Crippen LogP contribution in [0.3, 0.4) is 0 Å². The lowest BCUT2D eigenvalue weighted by Gasteiger charge is -2.44. The molecule has 1 aliphatic carbocycles. The van der Waals surface area contributed by atoms with Gasteiger partial charge in [0, 0.05) is 57.5 Å². The van der Waals surface area contributed by atoms with E-state index in [-0.39, 0.29) is 33.0 Å². The zero-order chi connectivity index (χ0) is 19.8. The van der Waals surface area contributed by atoms with Crippen LogP contribution in [0.4, 0.5) is 5.69 Å². The van der Waals surface area contributed by atoms with Crippen LogP contribution in [0, 0.1) is 0 Å². The highest BCUT2D eigenvalue weighted by molar-refractivity contribution is 7.59. The summed E-state index contributed by atoms with van der Waals surface area (Å²) in [4.78, 5) is 23.1. The highest BCUT2D eigenvalue weighted by Gasteiger charge is 2.38. The first-order chi connectivity index (χ1) is 14.2. The standard InChI is InChI=1S/C24H36N4O.2H2S/c1-19(25-11-13-26(14-12-25)21-8-3-2-4-9-21)24(29)27-15-16-28-22(18-27)17-20-7-5-6-10-23(20)28;;/h5-7,10,19,21-22H,2-4,8-9,11-18H2,1H3;2*1H2/t19-,22-;;/m0../s1. The first-order valence-corrected chi connectivity index (χ1v) is 11.8. The molecule has 1 saturated carbocycles. The first-order valence-electron chi connectivity index (χ1n) is 11.8. The van der Waals surface area contributed by atoms with Crippen LogP contribution >= 0.6 is 27.0 Å². The number of anilines is 1. The summed E-state index contributed by atoms with van der Waals surface area (Å²) < 4.78 is 0. The molecule has 5 rings (SSSR count). The molecule has 2 saturated heterocycles. The summed E-state index contributed by atoms with van der Waals surface area (Å²) in [6.07, 6.45) is 8.05.